The largest absolute Gasteiger partial charge is 0.316 e. The molecule has 3 nitrogen and oxygen atoms in total. The summed E-state index contributed by atoms with van der Waals surface area (Å²) >= 11 is 0. The SMILES string of the molecule is Cc1nn(C(C)(C)C)c(C)c1C1CCCNC1. The highest BCUT2D eigenvalue weighted by Crippen LogP contribution is 2.31. The lowest BCUT2D eigenvalue weighted by molar-refractivity contribution is 0.345. The summed E-state index contributed by atoms with van der Waals surface area (Å²) in [4.78, 5) is 0. The molecule has 2 heterocycles. The molecule has 0 aliphatic carbocycles. The van der Waals surface area contributed by atoms with Gasteiger partial charge in [0.25, 0.3) is 0 Å². The molecule has 1 unspecified atom stereocenters. The molecule has 1 aliphatic heterocycles. The minimum Gasteiger partial charge on any atom is -0.316 e. The van der Waals surface area contributed by atoms with Crippen molar-refractivity contribution in [2.75, 3.05) is 13.1 Å². The number of nitrogens with one attached hydrogen (secondary N) is 1. The van der Waals surface area contributed by atoms with E-state index in [1.54, 1.807) is 0 Å². The molecule has 1 N–H and O–H groups in total. The van der Waals surface area contributed by atoms with E-state index >= 15 is 0 Å². The summed E-state index contributed by atoms with van der Waals surface area (Å²) in [5.41, 5.74) is 4.12. The lowest BCUT2D eigenvalue weighted by atomic mass is 9.90. The second-order valence-corrected chi connectivity index (χ2v) is 6.21. The molecule has 0 amide bonds. The number of rotatable bonds is 1. The Bertz CT molecular complexity index is 392. The van der Waals surface area contributed by atoms with Crippen LogP contribution < -0.4 is 5.32 Å². The van der Waals surface area contributed by atoms with Gasteiger partial charge in [0.1, 0.15) is 0 Å². The maximum absolute atomic E-state index is 4.75. The Balaban J connectivity index is 2.37. The number of aromatic nitrogens is 2. The Labute approximate surface area is 105 Å². The fourth-order valence-corrected chi connectivity index (χ4v) is 3.00. The molecule has 3 heteroatoms. The molecule has 0 aromatic carbocycles. The zero-order chi connectivity index (χ0) is 12.6. The predicted octanol–water partition coefficient (Wildman–Crippen LogP) is 2.72. The topological polar surface area (TPSA) is 29.9 Å². The highest BCUT2D eigenvalue weighted by atomic mass is 15.3. The molecule has 1 aromatic rings. The van der Waals surface area contributed by atoms with Crippen molar-refractivity contribution in [3.05, 3.63) is 17.0 Å². The first kappa shape index (κ1) is 12.6. The van der Waals surface area contributed by atoms with Crippen molar-refractivity contribution in [1.82, 2.24) is 15.1 Å². The van der Waals surface area contributed by atoms with Crippen LogP contribution in [0, 0.1) is 13.8 Å². The van der Waals surface area contributed by atoms with Crippen LogP contribution in [-0.4, -0.2) is 22.9 Å². The van der Waals surface area contributed by atoms with Gasteiger partial charge in [-0.15, -0.1) is 0 Å². The molecular formula is C14H25N3. The normalized spacial score (nSPS) is 21.8. The average molecular weight is 235 g/mol. The van der Waals surface area contributed by atoms with Crippen molar-refractivity contribution in [1.29, 1.82) is 0 Å². The quantitative estimate of drug-likeness (QED) is 0.811. The monoisotopic (exact) mass is 235 g/mol. The maximum Gasteiger partial charge on any atom is 0.0632 e. The summed E-state index contributed by atoms with van der Waals surface area (Å²) in [6.45, 7) is 13.3. The summed E-state index contributed by atoms with van der Waals surface area (Å²) < 4.78 is 2.19. The Morgan fingerprint density at radius 3 is 2.47 bits per heavy atom. The summed E-state index contributed by atoms with van der Waals surface area (Å²) in [7, 11) is 0. The second-order valence-electron chi connectivity index (χ2n) is 6.21. The van der Waals surface area contributed by atoms with E-state index in [1.807, 2.05) is 0 Å². The molecule has 0 bridgehead atoms. The minimum absolute atomic E-state index is 0.0786. The number of nitrogens with zero attached hydrogens (tertiary/aromatic N) is 2. The van der Waals surface area contributed by atoms with E-state index in [1.165, 1.54) is 36.3 Å². The smallest absolute Gasteiger partial charge is 0.0632 e. The highest BCUT2D eigenvalue weighted by molar-refractivity contribution is 5.30. The van der Waals surface area contributed by atoms with Gasteiger partial charge in [-0.05, 0) is 54.0 Å². The van der Waals surface area contributed by atoms with Crippen molar-refractivity contribution in [2.45, 2.75) is 58.9 Å². The van der Waals surface area contributed by atoms with Crippen molar-refractivity contribution >= 4 is 0 Å². The maximum atomic E-state index is 4.75. The molecular weight excluding hydrogens is 210 g/mol. The van der Waals surface area contributed by atoms with Crippen molar-refractivity contribution < 1.29 is 0 Å². The molecule has 0 radical (unpaired) electrons. The molecule has 1 aliphatic rings. The first-order valence-corrected chi connectivity index (χ1v) is 6.68. The van der Waals surface area contributed by atoms with Crippen molar-refractivity contribution in [3.63, 3.8) is 0 Å². The first-order chi connectivity index (χ1) is 7.91. The zero-order valence-corrected chi connectivity index (χ0v) is 11.8. The summed E-state index contributed by atoms with van der Waals surface area (Å²) in [6.07, 6.45) is 2.58. The third-order valence-electron chi connectivity index (χ3n) is 3.69. The molecule has 1 aromatic heterocycles. The summed E-state index contributed by atoms with van der Waals surface area (Å²) in [5.74, 6) is 0.653. The standard InChI is InChI=1S/C14H25N3/c1-10-13(12-7-6-8-15-9-12)11(2)17(16-10)14(3,4)5/h12,15H,6-9H2,1-5H3. The van der Waals surface area contributed by atoms with E-state index in [2.05, 4.69) is 44.6 Å². The van der Waals surface area contributed by atoms with Crippen LogP contribution in [0.1, 0.15) is 56.5 Å². The highest BCUT2D eigenvalue weighted by Gasteiger charge is 2.26. The molecule has 2 rings (SSSR count). The summed E-state index contributed by atoms with van der Waals surface area (Å²) in [6, 6.07) is 0. The third kappa shape index (κ3) is 2.39. The van der Waals surface area contributed by atoms with Gasteiger partial charge in [0, 0.05) is 23.7 Å². The molecule has 0 spiro atoms. The fourth-order valence-electron chi connectivity index (χ4n) is 3.00. The van der Waals surface area contributed by atoms with Crippen LogP contribution in [0.15, 0.2) is 0 Å². The Morgan fingerprint density at radius 2 is 2.00 bits per heavy atom. The summed E-state index contributed by atoms with van der Waals surface area (Å²) in [5, 5.41) is 8.24. The second kappa shape index (κ2) is 4.45. The van der Waals surface area contributed by atoms with Gasteiger partial charge in [-0.1, -0.05) is 0 Å². The Morgan fingerprint density at radius 1 is 1.29 bits per heavy atom. The van der Waals surface area contributed by atoms with Crippen LogP contribution in [0.2, 0.25) is 0 Å². The Hall–Kier alpha value is -0.830. The van der Waals surface area contributed by atoms with Crippen LogP contribution in [-0.2, 0) is 5.54 Å². The third-order valence-corrected chi connectivity index (χ3v) is 3.69. The first-order valence-electron chi connectivity index (χ1n) is 6.68. The zero-order valence-electron chi connectivity index (χ0n) is 11.8. The van der Waals surface area contributed by atoms with E-state index < -0.39 is 0 Å². The fraction of sp³-hybridized carbons (Fsp3) is 0.786. The molecule has 96 valence electrons. The van der Waals surface area contributed by atoms with Gasteiger partial charge in [0.15, 0.2) is 0 Å². The van der Waals surface area contributed by atoms with Crippen LogP contribution >= 0.6 is 0 Å². The van der Waals surface area contributed by atoms with Crippen molar-refractivity contribution in [3.8, 4) is 0 Å². The van der Waals surface area contributed by atoms with Crippen molar-refractivity contribution in [2.24, 2.45) is 0 Å². The number of hydrogen-bond acceptors (Lipinski definition) is 2. The van der Waals surface area contributed by atoms with Gasteiger partial charge in [0.05, 0.1) is 11.2 Å². The van der Waals surface area contributed by atoms with Gasteiger partial charge in [0.2, 0.25) is 0 Å². The minimum atomic E-state index is 0.0786. The number of aryl methyl sites for hydroxylation is 1. The molecule has 1 fully saturated rings. The van der Waals surface area contributed by atoms with Gasteiger partial charge in [-0.25, -0.2) is 0 Å². The number of hydrogen-bond donors (Lipinski definition) is 1. The predicted molar refractivity (Wildman–Crippen MR) is 71.5 cm³/mol. The van der Waals surface area contributed by atoms with Gasteiger partial charge < -0.3 is 5.32 Å². The lowest BCUT2D eigenvalue weighted by Gasteiger charge is -2.25. The van der Waals surface area contributed by atoms with Crippen LogP contribution in [0.4, 0.5) is 0 Å². The van der Waals surface area contributed by atoms with Gasteiger partial charge in [-0.2, -0.15) is 5.10 Å². The van der Waals surface area contributed by atoms with Gasteiger partial charge in [-0.3, -0.25) is 4.68 Å². The molecule has 17 heavy (non-hydrogen) atoms. The van der Waals surface area contributed by atoms with E-state index in [0.717, 1.165) is 6.54 Å². The van der Waals surface area contributed by atoms with Gasteiger partial charge >= 0.3 is 0 Å². The number of piperidine rings is 1. The Kier molecular flexibility index (Phi) is 3.30. The molecule has 1 atom stereocenters. The molecule has 0 saturated carbocycles. The average Bonchev–Trinajstić information content (AvgIpc) is 2.55. The lowest BCUT2D eigenvalue weighted by Crippen LogP contribution is -2.29. The van der Waals surface area contributed by atoms with E-state index in [4.69, 9.17) is 5.10 Å². The van der Waals surface area contributed by atoms with Crippen LogP contribution in [0.25, 0.3) is 0 Å². The van der Waals surface area contributed by atoms with Crippen LogP contribution in [0.3, 0.4) is 0 Å². The van der Waals surface area contributed by atoms with E-state index in [9.17, 15) is 0 Å². The van der Waals surface area contributed by atoms with E-state index in [0.29, 0.717) is 5.92 Å². The van der Waals surface area contributed by atoms with E-state index in [-0.39, 0.29) is 5.54 Å². The molecule has 1 saturated heterocycles. The van der Waals surface area contributed by atoms with Crippen LogP contribution in [0.5, 0.6) is 0 Å².